The zero-order valence-electron chi connectivity index (χ0n) is 17.8. The molecule has 4 rings (SSSR count). The number of hydrogen-bond acceptors (Lipinski definition) is 5. The van der Waals surface area contributed by atoms with E-state index in [2.05, 4.69) is 10.6 Å². The summed E-state index contributed by atoms with van der Waals surface area (Å²) in [7, 11) is -3.76. The molecule has 10 heteroatoms. The number of amides is 4. The van der Waals surface area contributed by atoms with E-state index in [9.17, 15) is 22.8 Å². The van der Waals surface area contributed by atoms with Crippen molar-refractivity contribution in [3.05, 3.63) is 35.9 Å². The lowest BCUT2D eigenvalue weighted by molar-refractivity contribution is -0.132. The van der Waals surface area contributed by atoms with Gasteiger partial charge in [0.05, 0.1) is 11.2 Å². The number of rotatable bonds is 5. The van der Waals surface area contributed by atoms with Crippen molar-refractivity contribution in [1.82, 2.24) is 14.9 Å². The molecule has 2 saturated heterocycles. The lowest BCUT2D eigenvalue weighted by Crippen LogP contribution is -2.58. The first-order valence-corrected chi connectivity index (χ1v) is 11.8. The van der Waals surface area contributed by atoms with Gasteiger partial charge in [0.2, 0.25) is 15.9 Å². The highest BCUT2D eigenvalue weighted by Crippen LogP contribution is 2.36. The summed E-state index contributed by atoms with van der Waals surface area (Å²) < 4.78 is 27.0. The van der Waals surface area contributed by atoms with Gasteiger partial charge in [-0.15, -0.1) is 0 Å². The van der Waals surface area contributed by atoms with Crippen molar-refractivity contribution in [3.8, 4) is 0 Å². The van der Waals surface area contributed by atoms with E-state index in [4.69, 9.17) is 0 Å². The Kier molecular flexibility index (Phi) is 4.97. The number of urea groups is 1. The van der Waals surface area contributed by atoms with Gasteiger partial charge in [0.25, 0.3) is 5.91 Å². The van der Waals surface area contributed by atoms with Crippen LogP contribution in [0.25, 0.3) is 5.57 Å². The summed E-state index contributed by atoms with van der Waals surface area (Å²) >= 11 is 0. The molecule has 0 radical (unpaired) electrons. The fourth-order valence-electron chi connectivity index (χ4n) is 4.19. The lowest BCUT2D eigenvalue weighted by Gasteiger charge is -2.44. The molecular formula is C21H26N4O5S. The molecule has 166 valence electrons. The molecule has 3 heterocycles. The maximum Gasteiger partial charge on any atom is 0.322 e. The maximum atomic E-state index is 12.9. The number of carbonyl (C=O) groups excluding carboxylic acids is 3. The Morgan fingerprint density at radius 2 is 1.87 bits per heavy atom. The van der Waals surface area contributed by atoms with Crippen LogP contribution in [0, 0.1) is 5.41 Å². The minimum atomic E-state index is -3.76. The zero-order valence-corrected chi connectivity index (χ0v) is 18.6. The predicted octanol–water partition coefficient (Wildman–Crippen LogP) is 1.08. The van der Waals surface area contributed by atoms with E-state index in [1.54, 1.807) is 4.90 Å². The molecule has 1 atom stereocenters. The van der Waals surface area contributed by atoms with Crippen molar-refractivity contribution < 1.29 is 22.8 Å². The van der Waals surface area contributed by atoms with Crippen LogP contribution in [0.3, 0.4) is 0 Å². The van der Waals surface area contributed by atoms with Crippen LogP contribution in [0.2, 0.25) is 0 Å². The molecule has 0 unspecified atom stereocenters. The number of nitrogens with zero attached hydrogens (tertiary/aromatic N) is 2. The molecule has 2 N–H and O–H groups in total. The van der Waals surface area contributed by atoms with Gasteiger partial charge < -0.3 is 10.2 Å². The van der Waals surface area contributed by atoms with Crippen LogP contribution in [0.5, 0.6) is 0 Å². The number of sulfonamides is 1. The lowest BCUT2D eigenvalue weighted by atomic mass is 9.82. The number of carbonyl (C=O) groups is 3. The summed E-state index contributed by atoms with van der Waals surface area (Å²) in [4.78, 5) is 37.4. The van der Waals surface area contributed by atoms with Crippen LogP contribution >= 0.6 is 0 Å². The molecule has 9 nitrogen and oxygen atoms in total. The smallest absolute Gasteiger partial charge is 0.322 e. The van der Waals surface area contributed by atoms with E-state index in [1.165, 1.54) is 11.2 Å². The first kappa shape index (κ1) is 21.5. The highest BCUT2D eigenvalue weighted by atomic mass is 32.2. The number of nitrogens with one attached hydrogen (secondary N) is 2. The average molecular weight is 447 g/mol. The van der Waals surface area contributed by atoms with Crippen molar-refractivity contribution >= 4 is 39.1 Å². The van der Waals surface area contributed by atoms with Gasteiger partial charge >= 0.3 is 6.03 Å². The van der Waals surface area contributed by atoms with Crippen molar-refractivity contribution in [2.75, 3.05) is 30.3 Å². The Labute approximate surface area is 181 Å². The minimum absolute atomic E-state index is 0.0936. The minimum Gasteiger partial charge on any atom is -0.322 e. The molecule has 0 bridgehead atoms. The summed E-state index contributed by atoms with van der Waals surface area (Å²) in [6.07, 6.45) is 2.37. The Bertz CT molecular complexity index is 1110. The van der Waals surface area contributed by atoms with Crippen molar-refractivity contribution in [1.29, 1.82) is 0 Å². The van der Waals surface area contributed by atoms with Crippen LogP contribution in [0.4, 0.5) is 10.5 Å². The van der Waals surface area contributed by atoms with Crippen LogP contribution in [0.15, 0.2) is 30.3 Å². The van der Waals surface area contributed by atoms with Gasteiger partial charge in [-0.2, -0.15) is 4.31 Å². The number of β-lactam (4-membered cyclic amide) rings is 1. The molecule has 3 aliphatic rings. The van der Waals surface area contributed by atoms with E-state index < -0.39 is 33.3 Å². The fourth-order valence-corrected chi connectivity index (χ4v) is 5.98. The van der Waals surface area contributed by atoms with Gasteiger partial charge in [-0.25, -0.2) is 13.2 Å². The first-order valence-electron chi connectivity index (χ1n) is 10.1. The van der Waals surface area contributed by atoms with E-state index in [-0.39, 0.29) is 24.4 Å². The highest BCUT2D eigenvalue weighted by Gasteiger charge is 2.47. The molecule has 0 aliphatic carbocycles. The van der Waals surface area contributed by atoms with Gasteiger partial charge in [-0.05, 0) is 50.5 Å². The number of imide groups is 1. The third-order valence-corrected chi connectivity index (χ3v) is 8.12. The highest BCUT2D eigenvalue weighted by molar-refractivity contribution is 7.89. The van der Waals surface area contributed by atoms with E-state index in [0.717, 1.165) is 16.8 Å². The van der Waals surface area contributed by atoms with Crippen LogP contribution < -0.4 is 15.5 Å². The molecule has 2 fully saturated rings. The normalized spacial score (nSPS) is 26.2. The number of benzene rings is 1. The summed E-state index contributed by atoms with van der Waals surface area (Å²) in [5.41, 5.74) is 1.00. The average Bonchev–Trinajstić information content (AvgIpc) is 2.96. The molecule has 31 heavy (non-hydrogen) atoms. The monoisotopic (exact) mass is 446 g/mol. The third kappa shape index (κ3) is 3.85. The standard InChI is InChI=1S/C21H26N4O5S/c1-20(2)12-25(18(20)27)16-6-4-5-15(11-16)14-7-9-24(10-8-14)31(29,30)13-21(3)17(26)22-19(28)23-21/h4-7,11H,8-10,12-13H2,1-3H3,(H2,22,23,26,28)/t21-/m1/s1. The Hall–Kier alpha value is -2.72. The summed E-state index contributed by atoms with van der Waals surface area (Å²) in [6.45, 7) is 6.39. The predicted molar refractivity (Wildman–Crippen MR) is 116 cm³/mol. The molecule has 0 aromatic heterocycles. The molecule has 1 aromatic rings. The second-order valence-electron chi connectivity index (χ2n) is 9.16. The van der Waals surface area contributed by atoms with Crippen molar-refractivity contribution in [2.24, 2.45) is 5.41 Å². The van der Waals surface area contributed by atoms with Gasteiger partial charge in [-0.1, -0.05) is 18.2 Å². The van der Waals surface area contributed by atoms with E-state index in [0.29, 0.717) is 13.0 Å². The Morgan fingerprint density at radius 3 is 2.42 bits per heavy atom. The summed E-state index contributed by atoms with van der Waals surface area (Å²) in [6, 6.07) is 7.03. The van der Waals surface area contributed by atoms with Gasteiger partial charge in [-0.3, -0.25) is 14.9 Å². The quantitative estimate of drug-likeness (QED) is 0.519. The second kappa shape index (κ2) is 7.16. The third-order valence-electron chi connectivity index (χ3n) is 6.06. The zero-order chi connectivity index (χ0) is 22.6. The summed E-state index contributed by atoms with van der Waals surface area (Å²) in [5.74, 6) is -1.05. The molecule has 0 spiro atoms. The second-order valence-corrected chi connectivity index (χ2v) is 11.1. The molecule has 0 saturated carbocycles. The molecule has 1 aromatic carbocycles. The van der Waals surface area contributed by atoms with Gasteiger partial charge in [0.15, 0.2) is 0 Å². The fraction of sp³-hybridized carbons (Fsp3) is 0.476. The van der Waals surface area contributed by atoms with Gasteiger partial charge in [0.1, 0.15) is 5.54 Å². The largest absolute Gasteiger partial charge is 0.322 e. The Balaban J connectivity index is 1.46. The van der Waals surface area contributed by atoms with Gasteiger partial charge in [0, 0.05) is 25.3 Å². The van der Waals surface area contributed by atoms with E-state index in [1.807, 2.05) is 44.2 Å². The first-order chi connectivity index (χ1) is 14.4. The topological polar surface area (TPSA) is 116 Å². The van der Waals surface area contributed by atoms with Crippen LogP contribution in [-0.2, 0) is 19.6 Å². The molecule has 4 amide bonds. The van der Waals surface area contributed by atoms with Crippen molar-refractivity contribution in [2.45, 2.75) is 32.7 Å². The SMILES string of the molecule is CC1(C)CN(c2cccc(C3=CCN(S(=O)(=O)C[C@@]4(C)NC(=O)NC4=O)CC3)c2)C1=O. The van der Waals surface area contributed by atoms with Crippen LogP contribution in [-0.4, -0.2) is 61.5 Å². The van der Waals surface area contributed by atoms with E-state index >= 15 is 0 Å². The van der Waals surface area contributed by atoms with Crippen LogP contribution in [0.1, 0.15) is 32.8 Å². The number of anilines is 1. The molecular weight excluding hydrogens is 420 g/mol. The number of hydrogen-bond donors (Lipinski definition) is 2. The summed E-state index contributed by atoms with van der Waals surface area (Å²) in [5, 5.41) is 4.48. The maximum absolute atomic E-state index is 12.9. The Morgan fingerprint density at radius 1 is 1.13 bits per heavy atom. The molecule has 3 aliphatic heterocycles. The van der Waals surface area contributed by atoms with Crippen molar-refractivity contribution in [3.63, 3.8) is 0 Å².